The smallest absolute Gasteiger partial charge is 0.0770 e. The maximum atomic E-state index is 4.20. The Balaban J connectivity index is 2.05. The predicted octanol–water partition coefficient (Wildman–Crippen LogP) is -1.13. The molecular weight excluding hydrogens is 128 g/mol. The fraction of sp³-hybridized carbons (Fsp3) is 0.833. The first kappa shape index (κ1) is 6.12. The van der Waals surface area contributed by atoms with E-state index in [2.05, 4.69) is 21.2 Å². The summed E-state index contributed by atoms with van der Waals surface area (Å²) in [5, 5.41) is 11.5. The summed E-state index contributed by atoms with van der Waals surface area (Å²) >= 11 is 0. The molecule has 2 N–H and O–H groups in total. The highest BCUT2D eigenvalue weighted by Gasteiger charge is 2.32. The number of nitrogens with zero attached hydrogens (tertiary/aromatic N) is 2. The van der Waals surface area contributed by atoms with E-state index >= 15 is 0 Å². The summed E-state index contributed by atoms with van der Waals surface area (Å²) in [5.41, 5.74) is 3.07. The van der Waals surface area contributed by atoms with Crippen molar-refractivity contribution >= 4 is 6.21 Å². The van der Waals surface area contributed by atoms with Gasteiger partial charge in [-0.3, -0.25) is 5.32 Å². The molecule has 2 aliphatic rings. The van der Waals surface area contributed by atoms with Gasteiger partial charge in [-0.05, 0) is 6.42 Å². The molecule has 1 atom stereocenters. The van der Waals surface area contributed by atoms with Crippen LogP contribution in [0.5, 0.6) is 0 Å². The average Bonchev–Trinajstić information content (AvgIpc) is 2.39. The molecule has 1 unspecified atom stereocenters. The molecule has 0 aromatic heterocycles. The van der Waals surface area contributed by atoms with Crippen LogP contribution in [-0.4, -0.2) is 31.5 Å². The van der Waals surface area contributed by atoms with Crippen molar-refractivity contribution in [3.63, 3.8) is 0 Å². The van der Waals surface area contributed by atoms with Gasteiger partial charge in [0.25, 0.3) is 0 Å². The Morgan fingerprint density at radius 2 is 2.50 bits per heavy atom. The molecule has 0 amide bonds. The third-order valence-electron chi connectivity index (χ3n) is 2.06. The summed E-state index contributed by atoms with van der Waals surface area (Å²) in [6, 6.07) is 0. The molecule has 0 aliphatic carbocycles. The zero-order valence-electron chi connectivity index (χ0n) is 5.80. The van der Waals surface area contributed by atoms with E-state index < -0.39 is 0 Å². The van der Waals surface area contributed by atoms with Gasteiger partial charge >= 0.3 is 0 Å². The van der Waals surface area contributed by atoms with Crippen LogP contribution in [0.2, 0.25) is 0 Å². The highest BCUT2D eigenvalue weighted by atomic mass is 15.3. The van der Waals surface area contributed by atoms with Crippen molar-refractivity contribution < 1.29 is 0 Å². The Morgan fingerprint density at radius 3 is 3.10 bits per heavy atom. The fourth-order valence-electron chi connectivity index (χ4n) is 1.32. The summed E-state index contributed by atoms with van der Waals surface area (Å²) in [7, 11) is 0. The van der Waals surface area contributed by atoms with Crippen LogP contribution in [0.15, 0.2) is 5.10 Å². The van der Waals surface area contributed by atoms with Gasteiger partial charge in [0.2, 0.25) is 0 Å². The van der Waals surface area contributed by atoms with Crippen LogP contribution in [0.4, 0.5) is 0 Å². The Labute approximate surface area is 60.1 Å². The molecule has 0 aromatic carbocycles. The second-order valence-corrected chi connectivity index (χ2v) is 2.78. The van der Waals surface area contributed by atoms with E-state index in [1.165, 1.54) is 0 Å². The molecule has 1 saturated heterocycles. The minimum absolute atomic E-state index is 0.127. The lowest BCUT2D eigenvalue weighted by atomic mass is 9.96. The van der Waals surface area contributed by atoms with Gasteiger partial charge in [-0.15, -0.1) is 0 Å². The first-order chi connectivity index (χ1) is 4.91. The van der Waals surface area contributed by atoms with E-state index in [9.17, 15) is 0 Å². The van der Waals surface area contributed by atoms with E-state index in [0.29, 0.717) is 0 Å². The van der Waals surface area contributed by atoms with Crippen molar-refractivity contribution in [3.8, 4) is 0 Å². The van der Waals surface area contributed by atoms with Gasteiger partial charge in [0.05, 0.1) is 18.8 Å². The maximum absolute atomic E-state index is 4.20. The summed E-state index contributed by atoms with van der Waals surface area (Å²) < 4.78 is 0. The van der Waals surface area contributed by atoms with Crippen LogP contribution in [-0.2, 0) is 0 Å². The van der Waals surface area contributed by atoms with Crippen molar-refractivity contribution in [2.75, 3.05) is 19.8 Å². The number of hydrazone groups is 1. The van der Waals surface area contributed by atoms with E-state index in [1.807, 2.05) is 6.21 Å². The highest BCUT2D eigenvalue weighted by Crippen LogP contribution is 2.12. The van der Waals surface area contributed by atoms with E-state index in [-0.39, 0.29) is 5.54 Å². The molecule has 2 rings (SSSR count). The van der Waals surface area contributed by atoms with Gasteiger partial charge < -0.3 is 5.43 Å². The number of nitrogens with one attached hydrogen (secondary N) is 2. The normalized spacial score (nSPS) is 38.4. The van der Waals surface area contributed by atoms with E-state index in [0.717, 1.165) is 26.2 Å². The largest absolute Gasteiger partial charge is 0.308 e. The zero-order chi connectivity index (χ0) is 6.86. The number of rotatable bonds is 0. The number of hydrogen-bond donors (Lipinski definition) is 2. The van der Waals surface area contributed by atoms with Crippen LogP contribution >= 0.6 is 0 Å². The molecule has 0 saturated carbocycles. The molecule has 10 heavy (non-hydrogen) atoms. The van der Waals surface area contributed by atoms with Crippen LogP contribution in [0.25, 0.3) is 0 Å². The van der Waals surface area contributed by atoms with Crippen LogP contribution in [0.1, 0.15) is 6.42 Å². The van der Waals surface area contributed by atoms with Gasteiger partial charge in [0.1, 0.15) is 0 Å². The predicted molar refractivity (Wildman–Crippen MR) is 38.8 cm³/mol. The van der Waals surface area contributed by atoms with Crippen LogP contribution in [0, 0.1) is 0 Å². The molecule has 55 valence electrons. The first-order valence-corrected chi connectivity index (χ1v) is 3.57. The first-order valence-electron chi connectivity index (χ1n) is 3.57. The van der Waals surface area contributed by atoms with Crippen molar-refractivity contribution in [2.45, 2.75) is 12.0 Å². The lowest BCUT2D eigenvalue weighted by molar-refractivity contribution is 0.335. The third kappa shape index (κ3) is 0.892. The molecule has 1 spiro atoms. The van der Waals surface area contributed by atoms with Gasteiger partial charge in [0, 0.05) is 12.8 Å². The molecule has 0 bridgehead atoms. The Hall–Kier alpha value is -0.610. The highest BCUT2D eigenvalue weighted by molar-refractivity contribution is 5.72. The van der Waals surface area contributed by atoms with E-state index in [4.69, 9.17) is 0 Å². The summed E-state index contributed by atoms with van der Waals surface area (Å²) in [5.74, 6) is 0. The minimum Gasteiger partial charge on any atom is -0.308 e. The van der Waals surface area contributed by atoms with E-state index in [1.54, 1.807) is 0 Å². The van der Waals surface area contributed by atoms with Gasteiger partial charge in [0.15, 0.2) is 0 Å². The Bertz CT molecular complexity index is 148. The second kappa shape index (κ2) is 2.21. The second-order valence-electron chi connectivity index (χ2n) is 2.78. The third-order valence-corrected chi connectivity index (χ3v) is 2.06. The Morgan fingerprint density at radius 1 is 1.50 bits per heavy atom. The number of hydrogen-bond acceptors (Lipinski definition) is 3. The summed E-state index contributed by atoms with van der Waals surface area (Å²) in [4.78, 5) is 0. The van der Waals surface area contributed by atoms with Crippen molar-refractivity contribution in [1.82, 2.24) is 16.1 Å². The lowest BCUT2D eigenvalue weighted by Gasteiger charge is -2.30. The summed E-state index contributed by atoms with van der Waals surface area (Å²) in [6.07, 6.45) is 3.03. The van der Waals surface area contributed by atoms with Gasteiger partial charge in [-0.2, -0.15) is 5.10 Å². The lowest BCUT2D eigenvalue weighted by Crippen LogP contribution is -2.56. The van der Waals surface area contributed by atoms with Gasteiger partial charge in [-0.25, -0.2) is 5.32 Å². The SMILES string of the molecule is C1=NNCC12CC[N]CN2. The topological polar surface area (TPSA) is 50.5 Å². The molecule has 1 radical (unpaired) electrons. The molecule has 2 aliphatic heterocycles. The fourth-order valence-corrected chi connectivity index (χ4v) is 1.32. The monoisotopic (exact) mass is 139 g/mol. The quantitative estimate of drug-likeness (QED) is 0.446. The molecule has 2 heterocycles. The molecule has 0 aromatic rings. The maximum Gasteiger partial charge on any atom is 0.0770 e. The van der Waals surface area contributed by atoms with Crippen LogP contribution < -0.4 is 16.1 Å². The minimum atomic E-state index is 0.127. The Kier molecular flexibility index (Phi) is 1.35. The molecule has 4 heteroatoms. The molecule has 4 nitrogen and oxygen atoms in total. The zero-order valence-corrected chi connectivity index (χ0v) is 5.80. The van der Waals surface area contributed by atoms with Crippen molar-refractivity contribution in [3.05, 3.63) is 0 Å². The standard InChI is InChI=1S/C6H11N4/c1-2-7-5-8-6(1)3-9-10-4-6/h3,8,10H,1-2,4-5H2. The molecular formula is C6H11N4. The van der Waals surface area contributed by atoms with Crippen molar-refractivity contribution in [2.24, 2.45) is 5.10 Å². The summed E-state index contributed by atoms with van der Waals surface area (Å²) in [6.45, 7) is 2.65. The molecule has 1 fully saturated rings. The van der Waals surface area contributed by atoms with Crippen LogP contribution in [0.3, 0.4) is 0 Å². The average molecular weight is 139 g/mol. The van der Waals surface area contributed by atoms with Gasteiger partial charge in [-0.1, -0.05) is 0 Å². The van der Waals surface area contributed by atoms with Crippen molar-refractivity contribution in [1.29, 1.82) is 0 Å².